The number of thiazole rings is 1. The molecule has 2 N–H and O–H groups in total. The van der Waals surface area contributed by atoms with E-state index in [-0.39, 0.29) is 6.03 Å². The minimum atomic E-state index is -0.0271. The number of nitrogens with zero attached hydrogens (tertiary/aromatic N) is 4. The molecule has 118 valence electrons. The van der Waals surface area contributed by atoms with Gasteiger partial charge in [-0.1, -0.05) is 0 Å². The second-order valence-corrected chi connectivity index (χ2v) is 6.53. The minimum Gasteiger partial charge on any atom is -0.345 e. The van der Waals surface area contributed by atoms with Gasteiger partial charge in [-0.25, -0.2) is 9.78 Å². The number of nitrogens with one attached hydrogen (secondary N) is 2. The van der Waals surface area contributed by atoms with Gasteiger partial charge in [-0.3, -0.25) is 5.10 Å². The van der Waals surface area contributed by atoms with Gasteiger partial charge in [0.15, 0.2) is 5.13 Å². The molecule has 0 radical (unpaired) electrons. The van der Waals surface area contributed by atoms with E-state index in [1.54, 1.807) is 17.5 Å². The zero-order valence-electron chi connectivity index (χ0n) is 12.8. The van der Waals surface area contributed by atoms with Gasteiger partial charge in [-0.15, -0.1) is 11.3 Å². The van der Waals surface area contributed by atoms with Crippen molar-refractivity contribution in [2.75, 3.05) is 31.1 Å². The molecule has 1 fully saturated rings. The van der Waals surface area contributed by atoms with Crippen LogP contribution in [0.3, 0.4) is 0 Å². The number of hydrogen-bond acceptors (Lipinski definition) is 5. The van der Waals surface area contributed by atoms with Crippen LogP contribution >= 0.6 is 11.3 Å². The number of anilines is 1. The van der Waals surface area contributed by atoms with Crippen LogP contribution in [0.15, 0.2) is 12.3 Å². The molecule has 3 rings (SSSR count). The molecule has 2 aromatic rings. The van der Waals surface area contributed by atoms with Crippen molar-refractivity contribution in [1.82, 2.24) is 25.4 Å². The summed E-state index contributed by atoms with van der Waals surface area (Å²) < 4.78 is 0. The van der Waals surface area contributed by atoms with Crippen molar-refractivity contribution in [3.05, 3.63) is 28.5 Å². The van der Waals surface area contributed by atoms with Crippen molar-refractivity contribution in [2.24, 2.45) is 0 Å². The summed E-state index contributed by atoms with van der Waals surface area (Å²) in [4.78, 5) is 22.1. The Kier molecular flexibility index (Phi) is 4.28. The monoisotopic (exact) mass is 320 g/mol. The predicted octanol–water partition coefficient (Wildman–Crippen LogP) is 1.51. The van der Waals surface area contributed by atoms with E-state index in [1.165, 1.54) is 4.88 Å². The van der Waals surface area contributed by atoms with E-state index in [2.05, 4.69) is 32.3 Å². The number of urea groups is 1. The largest absolute Gasteiger partial charge is 0.345 e. The van der Waals surface area contributed by atoms with Crippen molar-refractivity contribution in [1.29, 1.82) is 0 Å². The number of aromatic nitrogens is 3. The van der Waals surface area contributed by atoms with E-state index in [0.29, 0.717) is 19.6 Å². The maximum absolute atomic E-state index is 12.1. The number of H-pyrrole nitrogens is 1. The fourth-order valence-corrected chi connectivity index (χ4v) is 3.32. The van der Waals surface area contributed by atoms with Crippen LogP contribution in [0.2, 0.25) is 0 Å². The Hall–Kier alpha value is -2.09. The summed E-state index contributed by atoms with van der Waals surface area (Å²) in [7, 11) is 0. The highest BCUT2D eigenvalue weighted by molar-refractivity contribution is 7.15. The molecule has 0 spiro atoms. The summed E-state index contributed by atoms with van der Waals surface area (Å²) >= 11 is 1.72. The van der Waals surface area contributed by atoms with Crippen LogP contribution < -0.4 is 10.2 Å². The lowest BCUT2D eigenvalue weighted by Gasteiger charge is -2.34. The van der Waals surface area contributed by atoms with E-state index in [0.717, 1.165) is 29.6 Å². The van der Waals surface area contributed by atoms with E-state index < -0.39 is 0 Å². The van der Waals surface area contributed by atoms with Gasteiger partial charge in [0.05, 0.1) is 17.9 Å². The first kappa shape index (κ1) is 14.8. The third-order valence-electron chi connectivity index (χ3n) is 3.84. The molecule has 2 amide bonds. The van der Waals surface area contributed by atoms with Crippen LogP contribution in [-0.4, -0.2) is 52.3 Å². The molecule has 7 nitrogen and oxygen atoms in total. The molecule has 1 saturated heterocycles. The molecular weight excluding hydrogens is 300 g/mol. The number of hydrogen-bond donors (Lipinski definition) is 2. The molecule has 1 aliphatic rings. The van der Waals surface area contributed by atoms with Crippen LogP contribution in [0.1, 0.15) is 16.3 Å². The Labute approximate surface area is 133 Å². The molecular formula is C14H20N6OS. The lowest BCUT2D eigenvalue weighted by atomic mass is 10.3. The average Bonchev–Trinajstić information content (AvgIpc) is 3.16. The highest BCUT2D eigenvalue weighted by Gasteiger charge is 2.23. The van der Waals surface area contributed by atoms with E-state index >= 15 is 0 Å². The number of rotatable bonds is 3. The van der Waals surface area contributed by atoms with Crippen LogP contribution in [0, 0.1) is 13.8 Å². The topological polar surface area (TPSA) is 77.2 Å². The zero-order chi connectivity index (χ0) is 15.5. The number of piperazine rings is 1. The van der Waals surface area contributed by atoms with Gasteiger partial charge >= 0.3 is 6.03 Å². The SMILES string of the molecule is Cc1nc(N2CCN(C(=O)NCc3ccn[nH]3)CC2)sc1C. The molecule has 8 heteroatoms. The number of aryl methyl sites for hydroxylation is 2. The Bertz CT molecular complexity index is 610. The van der Waals surface area contributed by atoms with Gasteiger partial charge in [-0.05, 0) is 19.9 Å². The van der Waals surface area contributed by atoms with E-state index in [1.807, 2.05) is 17.9 Å². The first-order chi connectivity index (χ1) is 10.6. The van der Waals surface area contributed by atoms with Gasteiger partial charge in [0, 0.05) is 37.3 Å². The third kappa shape index (κ3) is 3.22. The maximum atomic E-state index is 12.1. The van der Waals surface area contributed by atoms with Gasteiger partial charge in [0.1, 0.15) is 0 Å². The van der Waals surface area contributed by atoms with Gasteiger partial charge in [0.25, 0.3) is 0 Å². The molecule has 0 unspecified atom stereocenters. The molecule has 1 aliphatic heterocycles. The molecule has 0 aromatic carbocycles. The summed E-state index contributed by atoms with van der Waals surface area (Å²) in [6.07, 6.45) is 1.68. The first-order valence-corrected chi connectivity index (χ1v) is 8.15. The maximum Gasteiger partial charge on any atom is 0.317 e. The fraction of sp³-hybridized carbons (Fsp3) is 0.500. The summed E-state index contributed by atoms with van der Waals surface area (Å²) in [5, 5.41) is 10.7. The quantitative estimate of drug-likeness (QED) is 0.899. The van der Waals surface area contributed by atoms with Crippen molar-refractivity contribution in [3.63, 3.8) is 0 Å². The highest BCUT2D eigenvalue weighted by atomic mass is 32.1. The smallest absolute Gasteiger partial charge is 0.317 e. The minimum absolute atomic E-state index is 0.0271. The van der Waals surface area contributed by atoms with Crippen LogP contribution in [0.5, 0.6) is 0 Å². The Morgan fingerprint density at radius 1 is 1.36 bits per heavy atom. The Morgan fingerprint density at radius 2 is 2.14 bits per heavy atom. The average molecular weight is 320 g/mol. The number of carbonyl (C=O) groups excluding carboxylic acids is 1. The lowest BCUT2D eigenvalue weighted by Crippen LogP contribution is -2.51. The molecule has 0 aliphatic carbocycles. The molecule has 3 heterocycles. The number of carbonyl (C=O) groups is 1. The fourth-order valence-electron chi connectivity index (χ4n) is 2.36. The van der Waals surface area contributed by atoms with Crippen molar-refractivity contribution in [2.45, 2.75) is 20.4 Å². The number of aromatic amines is 1. The van der Waals surface area contributed by atoms with Gasteiger partial charge in [-0.2, -0.15) is 5.10 Å². The van der Waals surface area contributed by atoms with Crippen molar-refractivity contribution >= 4 is 22.5 Å². The first-order valence-electron chi connectivity index (χ1n) is 7.33. The summed E-state index contributed by atoms with van der Waals surface area (Å²) in [6.45, 7) is 7.68. The second kappa shape index (κ2) is 6.35. The molecule has 0 saturated carbocycles. The predicted molar refractivity (Wildman–Crippen MR) is 86.2 cm³/mol. The number of amides is 2. The van der Waals surface area contributed by atoms with Gasteiger partial charge < -0.3 is 15.1 Å². The molecule has 0 atom stereocenters. The van der Waals surface area contributed by atoms with Crippen LogP contribution in [0.25, 0.3) is 0 Å². The molecule has 2 aromatic heterocycles. The van der Waals surface area contributed by atoms with E-state index in [9.17, 15) is 4.79 Å². The second-order valence-electron chi connectivity index (χ2n) is 5.35. The highest BCUT2D eigenvalue weighted by Crippen LogP contribution is 2.25. The zero-order valence-corrected chi connectivity index (χ0v) is 13.6. The van der Waals surface area contributed by atoms with Gasteiger partial charge in [0.2, 0.25) is 0 Å². The Balaban J connectivity index is 1.49. The van der Waals surface area contributed by atoms with Crippen molar-refractivity contribution in [3.8, 4) is 0 Å². The third-order valence-corrected chi connectivity index (χ3v) is 4.98. The summed E-state index contributed by atoms with van der Waals surface area (Å²) in [5.74, 6) is 0. The Morgan fingerprint density at radius 3 is 2.73 bits per heavy atom. The van der Waals surface area contributed by atoms with Crippen LogP contribution in [-0.2, 0) is 6.54 Å². The van der Waals surface area contributed by atoms with Crippen molar-refractivity contribution < 1.29 is 4.79 Å². The summed E-state index contributed by atoms with van der Waals surface area (Å²) in [5.41, 5.74) is 2.00. The molecule has 0 bridgehead atoms. The molecule has 22 heavy (non-hydrogen) atoms. The van der Waals surface area contributed by atoms with E-state index in [4.69, 9.17) is 0 Å². The normalized spacial score (nSPS) is 15.2. The lowest BCUT2D eigenvalue weighted by molar-refractivity contribution is 0.194. The van der Waals surface area contributed by atoms with Crippen LogP contribution in [0.4, 0.5) is 9.93 Å². The summed E-state index contributed by atoms with van der Waals surface area (Å²) in [6, 6.07) is 1.83. The standard InChI is InChI=1S/C14H20N6OS/c1-10-11(2)22-14(17-10)20-7-5-19(6-8-20)13(21)15-9-12-3-4-16-18-12/h3-4H,5-9H2,1-2H3,(H,15,21)(H,16,18).